The van der Waals surface area contributed by atoms with Gasteiger partial charge in [0.05, 0.1) is 6.54 Å². The summed E-state index contributed by atoms with van der Waals surface area (Å²) in [6, 6.07) is 7.76. The lowest BCUT2D eigenvalue weighted by Gasteiger charge is -2.27. The first-order chi connectivity index (χ1) is 11.6. The fourth-order valence-electron chi connectivity index (χ4n) is 3.15. The van der Waals surface area contributed by atoms with E-state index in [1.54, 1.807) is 0 Å². The Bertz CT molecular complexity index is 553. The number of hydrogen-bond acceptors (Lipinski definition) is 3. The van der Waals surface area contributed by atoms with E-state index in [1.807, 2.05) is 24.3 Å². The fraction of sp³-hybridized carbons (Fsp3) is 0.579. The predicted octanol–water partition coefficient (Wildman–Crippen LogP) is 2.33. The number of nitrogens with one attached hydrogen (secondary N) is 3. The molecule has 24 heavy (non-hydrogen) atoms. The maximum absolute atomic E-state index is 12.0. The van der Waals surface area contributed by atoms with Crippen LogP contribution in [0.2, 0.25) is 0 Å². The molecule has 2 atom stereocenters. The lowest BCUT2D eigenvalue weighted by molar-refractivity contribution is -0.125. The molecule has 5 heteroatoms. The minimum absolute atomic E-state index is 0.0187. The van der Waals surface area contributed by atoms with Crippen molar-refractivity contribution in [2.75, 3.05) is 25.0 Å². The minimum atomic E-state index is -0.191. The van der Waals surface area contributed by atoms with Crippen LogP contribution in [0.15, 0.2) is 24.3 Å². The number of amides is 2. The standard InChI is InChI=1S/C19H29N3O2/c1-3-15-6-4-8-17(11-15)22-19(24)13-21-18(23)10-14(2)16-7-5-9-20-12-16/h4,6,8,11,14,16,20H,3,5,7,9-10,12-13H2,1-2H3,(H,21,23)(H,22,24). The molecule has 132 valence electrons. The van der Waals surface area contributed by atoms with Crippen LogP contribution in [0, 0.1) is 11.8 Å². The zero-order chi connectivity index (χ0) is 17.4. The van der Waals surface area contributed by atoms with Crippen LogP contribution in [0.3, 0.4) is 0 Å². The zero-order valence-electron chi connectivity index (χ0n) is 14.7. The molecule has 1 aromatic carbocycles. The van der Waals surface area contributed by atoms with E-state index in [2.05, 4.69) is 29.8 Å². The van der Waals surface area contributed by atoms with Crippen molar-refractivity contribution in [3.05, 3.63) is 29.8 Å². The molecule has 2 amide bonds. The molecular formula is C19H29N3O2. The van der Waals surface area contributed by atoms with E-state index in [1.165, 1.54) is 18.4 Å². The molecule has 0 bridgehead atoms. The van der Waals surface area contributed by atoms with E-state index in [4.69, 9.17) is 0 Å². The van der Waals surface area contributed by atoms with Crippen molar-refractivity contribution in [3.63, 3.8) is 0 Å². The Morgan fingerprint density at radius 2 is 2.17 bits per heavy atom. The van der Waals surface area contributed by atoms with E-state index in [0.29, 0.717) is 18.3 Å². The van der Waals surface area contributed by atoms with Gasteiger partial charge in [0.1, 0.15) is 0 Å². The van der Waals surface area contributed by atoms with Gasteiger partial charge in [0.25, 0.3) is 0 Å². The van der Waals surface area contributed by atoms with Crippen LogP contribution in [-0.2, 0) is 16.0 Å². The van der Waals surface area contributed by atoms with Crippen molar-refractivity contribution in [1.29, 1.82) is 0 Å². The molecular weight excluding hydrogens is 302 g/mol. The molecule has 2 rings (SSSR count). The van der Waals surface area contributed by atoms with Crippen LogP contribution in [0.1, 0.15) is 38.7 Å². The number of hydrogen-bond donors (Lipinski definition) is 3. The summed E-state index contributed by atoms with van der Waals surface area (Å²) in [6.45, 7) is 6.28. The second kappa shape index (κ2) is 9.42. The molecule has 5 nitrogen and oxygen atoms in total. The highest BCUT2D eigenvalue weighted by molar-refractivity contribution is 5.94. The highest BCUT2D eigenvalue weighted by Crippen LogP contribution is 2.22. The van der Waals surface area contributed by atoms with Gasteiger partial charge in [-0.3, -0.25) is 9.59 Å². The number of piperidine rings is 1. The van der Waals surface area contributed by atoms with Gasteiger partial charge < -0.3 is 16.0 Å². The molecule has 0 radical (unpaired) electrons. The Morgan fingerprint density at radius 3 is 2.88 bits per heavy atom. The van der Waals surface area contributed by atoms with E-state index in [0.717, 1.165) is 25.2 Å². The van der Waals surface area contributed by atoms with Crippen LogP contribution in [-0.4, -0.2) is 31.4 Å². The third kappa shape index (κ3) is 5.96. The van der Waals surface area contributed by atoms with Gasteiger partial charge in [0.2, 0.25) is 11.8 Å². The second-order valence-electron chi connectivity index (χ2n) is 6.67. The Balaban J connectivity index is 1.71. The van der Waals surface area contributed by atoms with Crippen LogP contribution in [0.5, 0.6) is 0 Å². The lowest BCUT2D eigenvalue weighted by atomic mass is 9.85. The summed E-state index contributed by atoms with van der Waals surface area (Å²) in [5, 5.41) is 8.93. The maximum Gasteiger partial charge on any atom is 0.243 e. The quantitative estimate of drug-likeness (QED) is 0.718. The fourth-order valence-corrected chi connectivity index (χ4v) is 3.15. The second-order valence-corrected chi connectivity index (χ2v) is 6.67. The molecule has 0 spiro atoms. The number of carbonyl (C=O) groups excluding carboxylic acids is 2. The van der Waals surface area contributed by atoms with Crippen molar-refractivity contribution >= 4 is 17.5 Å². The molecule has 3 N–H and O–H groups in total. The first-order valence-corrected chi connectivity index (χ1v) is 8.94. The Hall–Kier alpha value is -1.88. The first-order valence-electron chi connectivity index (χ1n) is 8.94. The van der Waals surface area contributed by atoms with Gasteiger partial charge in [-0.2, -0.15) is 0 Å². The summed E-state index contributed by atoms with van der Waals surface area (Å²) in [5.41, 5.74) is 1.95. The summed E-state index contributed by atoms with van der Waals surface area (Å²) in [5.74, 6) is 0.645. The van der Waals surface area contributed by atoms with E-state index < -0.39 is 0 Å². The molecule has 1 aromatic rings. The van der Waals surface area contributed by atoms with Gasteiger partial charge >= 0.3 is 0 Å². The topological polar surface area (TPSA) is 70.2 Å². The Kier molecular flexibility index (Phi) is 7.25. The molecule has 0 saturated carbocycles. The van der Waals surface area contributed by atoms with Crippen molar-refractivity contribution in [2.45, 2.75) is 39.5 Å². The lowest BCUT2D eigenvalue weighted by Crippen LogP contribution is -2.37. The van der Waals surface area contributed by atoms with Crippen LogP contribution in [0.4, 0.5) is 5.69 Å². The molecule has 1 fully saturated rings. The smallest absolute Gasteiger partial charge is 0.243 e. The van der Waals surface area contributed by atoms with Crippen molar-refractivity contribution in [1.82, 2.24) is 10.6 Å². The summed E-state index contributed by atoms with van der Waals surface area (Å²) in [4.78, 5) is 24.0. The van der Waals surface area contributed by atoms with Crippen LogP contribution >= 0.6 is 0 Å². The van der Waals surface area contributed by atoms with Crippen molar-refractivity contribution in [3.8, 4) is 0 Å². The van der Waals surface area contributed by atoms with Crippen molar-refractivity contribution < 1.29 is 9.59 Å². The third-order valence-electron chi connectivity index (χ3n) is 4.71. The zero-order valence-corrected chi connectivity index (χ0v) is 14.7. The van der Waals surface area contributed by atoms with Gasteiger partial charge in [-0.05, 0) is 61.9 Å². The monoisotopic (exact) mass is 331 g/mol. The number of anilines is 1. The molecule has 0 aromatic heterocycles. The molecule has 2 unspecified atom stereocenters. The van der Waals surface area contributed by atoms with E-state index in [9.17, 15) is 9.59 Å². The molecule has 1 heterocycles. The molecule has 1 aliphatic rings. The SMILES string of the molecule is CCc1cccc(NC(=O)CNC(=O)CC(C)C2CCCNC2)c1. The molecule has 1 aliphatic heterocycles. The summed E-state index contributed by atoms with van der Waals surface area (Å²) < 4.78 is 0. The Labute approximate surface area is 144 Å². The highest BCUT2D eigenvalue weighted by atomic mass is 16.2. The average Bonchev–Trinajstić information content (AvgIpc) is 2.61. The number of aryl methyl sites for hydroxylation is 1. The molecule has 1 saturated heterocycles. The number of carbonyl (C=O) groups is 2. The van der Waals surface area contributed by atoms with Gasteiger partial charge in [-0.1, -0.05) is 26.0 Å². The summed E-state index contributed by atoms with van der Waals surface area (Å²) >= 11 is 0. The predicted molar refractivity (Wildman–Crippen MR) is 96.8 cm³/mol. The van der Waals surface area contributed by atoms with Crippen molar-refractivity contribution in [2.24, 2.45) is 11.8 Å². The normalized spacial score (nSPS) is 18.7. The average molecular weight is 331 g/mol. The summed E-state index contributed by atoms with van der Waals surface area (Å²) in [6.07, 6.45) is 3.75. The number of rotatable bonds is 7. The largest absolute Gasteiger partial charge is 0.347 e. The van der Waals surface area contributed by atoms with Gasteiger partial charge in [0.15, 0.2) is 0 Å². The van der Waals surface area contributed by atoms with E-state index in [-0.39, 0.29) is 18.4 Å². The van der Waals surface area contributed by atoms with E-state index >= 15 is 0 Å². The Morgan fingerprint density at radius 1 is 1.33 bits per heavy atom. The van der Waals surface area contributed by atoms with Gasteiger partial charge in [0, 0.05) is 12.1 Å². The minimum Gasteiger partial charge on any atom is -0.347 e. The highest BCUT2D eigenvalue weighted by Gasteiger charge is 2.22. The first kappa shape index (κ1) is 18.5. The van der Waals surface area contributed by atoms with Gasteiger partial charge in [-0.25, -0.2) is 0 Å². The third-order valence-corrected chi connectivity index (χ3v) is 4.71. The number of benzene rings is 1. The summed E-state index contributed by atoms with van der Waals surface area (Å²) in [7, 11) is 0. The van der Waals surface area contributed by atoms with Gasteiger partial charge in [-0.15, -0.1) is 0 Å². The van der Waals surface area contributed by atoms with Crippen LogP contribution < -0.4 is 16.0 Å². The van der Waals surface area contributed by atoms with Crippen LogP contribution in [0.25, 0.3) is 0 Å². The maximum atomic E-state index is 12.0. The molecule has 0 aliphatic carbocycles.